The fourth-order valence-electron chi connectivity index (χ4n) is 2.08. The van der Waals surface area contributed by atoms with Crippen LogP contribution in [-0.4, -0.2) is 48.4 Å². The number of nitrogen functional groups attached to an aromatic ring is 1. The smallest absolute Gasteiger partial charge is 0.306 e. The summed E-state index contributed by atoms with van der Waals surface area (Å²) in [7, 11) is 5.72. The molecule has 0 heterocycles. The summed E-state index contributed by atoms with van der Waals surface area (Å²) in [4.78, 5) is 10.9. The minimum atomic E-state index is -1.39. The zero-order valence-corrected chi connectivity index (χ0v) is 11.1. The molecule has 5 heteroatoms. The third-order valence-electron chi connectivity index (χ3n) is 2.63. The van der Waals surface area contributed by atoms with Gasteiger partial charge in [0.05, 0.1) is 27.6 Å². The summed E-state index contributed by atoms with van der Waals surface area (Å²) in [5.41, 5.74) is 5.37. The van der Waals surface area contributed by atoms with E-state index < -0.39 is 11.6 Å². The Labute approximate surface area is 107 Å². The number of aliphatic carboxylic acids is 1. The van der Waals surface area contributed by atoms with Gasteiger partial charge in [-0.15, -0.1) is 0 Å². The summed E-state index contributed by atoms with van der Waals surface area (Å²) >= 11 is 0. The van der Waals surface area contributed by atoms with Crippen LogP contribution in [-0.2, 0) is 10.4 Å². The minimum Gasteiger partial charge on any atom is -0.481 e. The van der Waals surface area contributed by atoms with Gasteiger partial charge in [-0.05, 0) is 17.7 Å². The van der Waals surface area contributed by atoms with Gasteiger partial charge in [-0.2, -0.15) is 0 Å². The van der Waals surface area contributed by atoms with Gasteiger partial charge in [0.1, 0.15) is 12.1 Å². The topological polar surface area (TPSA) is 83.5 Å². The largest absolute Gasteiger partial charge is 0.481 e. The number of anilines is 1. The van der Waals surface area contributed by atoms with Crippen molar-refractivity contribution >= 4 is 11.7 Å². The van der Waals surface area contributed by atoms with Crippen molar-refractivity contribution in [3.05, 3.63) is 29.8 Å². The van der Waals surface area contributed by atoms with Gasteiger partial charge in [0.2, 0.25) is 0 Å². The van der Waals surface area contributed by atoms with E-state index in [-0.39, 0.29) is 6.42 Å². The van der Waals surface area contributed by atoms with E-state index in [1.54, 1.807) is 24.3 Å². The Morgan fingerprint density at radius 1 is 1.28 bits per heavy atom. The van der Waals surface area contributed by atoms with Crippen molar-refractivity contribution in [2.75, 3.05) is 33.4 Å². The highest BCUT2D eigenvalue weighted by Crippen LogP contribution is 2.28. The van der Waals surface area contributed by atoms with Gasteiger partial charge in [-0.1, -0.05) is 12.1 Å². The van der Waals surface area contributed by atoms with Crippen molar-refractivity contribution in [2.45, 2.75) is 12.0 Å². The number of likely N-dealkylation sites (N-methyl/N-ethyl adjacent to an activating group) is 1. The molecular weight excluding hydrogens is 232 g/mol. The molecule has 0 saturated heterocycles. The molecule has 0 aliphatic carbocycles. The van der Waals surface area contributed by atoms with E-state index >= 15 is 0 Å². The molecule has 0 aliphatic heterocycles. The van der Waals surface area contributed by atoms with Gasteiger partial charge < -0.3 is 20.4 Å². The van der Waals surface area contributed by atoms with Crippen LogP contribution in [0.1, 0.15) is 12.0 Å². The van der Waals surface area contributed by atoms with Gasteiger partial charge in [-0.25, -0.2) is 0 Å². The number of carboxylic acid groups (broad SMARTS) is 1. The van der Waals surface area contributed by atoms with Gasteiger partial charge in [0.15, 0.2) is 0 Å². The number of nitrogens with zero attached hydrogens (tertiary/aromatic N) is 1. The molecule has 1 aromatic carbocycles. The lowest BCUT2D eigenvalue weighted by Gasteiger charge is -2.35. The van der Waals surface area contributed by atoms with Crippen LogP contribution in [0.25, 0.3) is 0 Å². The Morgan fingerprint density at radius 2 is 1.78 bits per heavy atom. The summed E-state index contributed by atoms with van der Waals surface area (Å²) in [6.07, 6.45) is -0.327. The number of carboxylic acids is 1. The molecule has 4 N–H and O–H groups in total. The second-order valence-electron chi connectivity index (χ2n) is 5.67. The van der Waals surface area contributed by atoms with Crippen molar-refractivity contribution in [3.63, 3.8) is 0 Å². The number of hydrogen-bond acceptors (Lipinski definition) is 3. The van der Waals surface area contributed by atoms with Crippen molar-refractivity contribution in [1.29, 1.82) is 0 Å². The molecule has 0 spiro atoms. The maximum Gasteiger partial charge on any atom is 0.306 e. The fourth-order valence-corrected chi connectivity index (χ4v) is 2.08. The minimum absolute atomic E-state index is 0.309. The molecule has 1 atom stereocenters. The summed E-state index contributed by atoms with van der Waals surface area (Å²) in [6.45, 7) is 0.309. The van der Waals surface area contributed by atoms with Crippen LogP contribution < -0.4 is 5.73 Å². The fraction of sp³-hybridized carbons (Fsp3) is 0.462. The number of rotatable bonds is 5. The third-order valence-corrected chi connectivity index (χ3v) is 2.63. The Morgan fingerprint density at radius 3 is 2.17 bits per heavy atom. The second kappa shape index (κ2) is 4.96. The van der Waals surface area contributed by atoms with Gasteiger partial charge >= 0.3 is 5.97 Å². The third kappa shape index (κ3) is 4.01. The van der Waals surface area contributed by atoms with E-state index in [1.807, 2.05) is 21.1 Å². The number of aliphatic hydroxyl groups is 1. The molecule has 0 bridgehead atoms. The van der Waals surface area contributed by atoms with E-state index in [4.69, 9.17) is 10.8 Å². The summed E-state index contributed by atoms with van der Waals surface area (Å²) in [6, 6.07) is 6.68. The number of nitrogens with two attached hydrogens (primary N) is 1. The average Bonchev–Trinajstić information content (AvgIpc) is 2.13. The van der Waals surface area contributed by atoms with Gasteiger partial charge in [0, 0.05) is 5.69 Å². The molecule has 0 fully saturated rings. The maximum absolute atomic E-state index is 10.9. The van der Waals surface area contributed by atoms with Gasteiger partial charge in [-0.3, -0.25) is 4.79 Å². The molecule has 0 saturated carbocycles. The van der Waals surface area contributed by atoms with E-state index in [0.29, 0.717) is 22.3 Å². The Bertz CT molecular complexity index is 423. The predicted molar refractivity (Wildman–Crippen MR) is 69.9 cm³/mol. The van der Waals surface area contributed by atoms with Crippen LogP contribution >= 0.6 is 0 Å². The lowest BCUT2D eigenvalue weighted by molar-refractivity contribution is -0.878. The first-order chi connectivity index (χ1) is 8.12. The molecule has 5 nitrogen and oxygen atoms in total. The Hall–Kier alpha value is -1.59. The molecule has 1 aromatic rings. The molecular formula is C13H21N2O3+. The summed E-state index contributed by atoms with van der Waals surface area (Å²) in [5, 5.41) is 19.6. The molecule has 0 aromatic heterocycles. The molecule has 1 rings (SSSR count). The van der Waals surface area contributed by atoms with Gasteiger partial charge in [0.25, 0.3) is 0 Å². The average molecular weight is 253 g/mol. The lowest BCUT2D eigenvalue weighted by atomic mass is 9.89. The highest BCUT2D eigenvalue weighted by molar-refractivity contribution is 5.68. The van der Waals surface area contributed by atoms with Crippen LogP contribution in [0.5, 0.6) is 0 Å². The molecule has 1 unspecified atom stereocenters. The van der Waals surface area contributed by atoms with Crippen molar-refractivity contribution in [3.8, 4) is 0 Å². The van der Waals surface area contributed by atoms with Crippen LogP contribution in [0.2, 0.25) is 0 Å². The lowest BCUT2D eigenvalue weighted by Crippen LogP contribution is -2.48. The molecule has 100 valence electrons. The number of benzene rings is 1. The maximum atomic E-state index is 10.9. The van der Waals surface area contributed by atoms with Crippen molar-refractivity contribution < 1.29 is 19.5 Å². The second-order valence-corrected chi connectivity index (χ2v) is 5.67. The first-order valence-corrected chi connectivity index (χ1v) is 5.73. The molecule has 0 radical (unpaired) electrons. The number of quaternary nitrogens is 1. The van der Waals surface area contributed by atoms with E-state index in [2.05, 4.69) is 0 Å². The Kier molecular flexibility index (Phi) is 3.98. The number of hydrogen-bond donors (Lipinski definition) is 3. The first-order valence-electron chi connectivity index (χ1n) is 5.73. The Balaban J connectivity index is 3.11. The SMILES string of the molecule is C[N+](C)(C)CC(O)(CC(=O)O)c1ccc(N)cc1. The van der Waals surface area contributed by atoms with Crippen LogP contribution in [0.15, 0.2) is 24.3 Å². The normalized spacial score (nSPS) is 15.1. The molecule has 0 amide bonds. The summed E-state index contributed by atoms with van der Waals surface area (Å²) < 4.78 is 0.466. The predicted octanol–water partition coefficient (Wildman–Crippen LogP) is 0.637. The van der Waals surface area contributed by atoms with Crippen LogP contribution in [0.3, 0.4) is 0 Å². The summed E-state index contributed by atoms with van der Waals surface area (Å²) in [5.74, 6) is -1.03. The monoisotopic (exact) mass is 253 g/mol. The zero-order chi connectivity index (χ0) is 14.0. The van der Waals surface area contributed by atoms with Crippen molar-refractivity contribution in [1.82, 2.24) is 0 Å². The van der Waals surface area contributed by atoms with E-state index in [9.17, 15) is 9.90 Å². The highest BCUT2D eigenvalue weighted by Gasteiger charge is 2.37. The van der Waals surface area contributed by atoms with E-state index in [0.717, 1.165) is 0 Å². The van der Waals surface area contributed by atoms with Crippen molar-refractivity contribution in [2.24, 2.45) is 0 Å². The first kappa shape index (κ1) is 14.5. The number of carbonyl (C=O) groups is 1. The quantitative estimate of drug-likeness (QED) is 0.531. The molecule has 18 heavy (non-hydrogen) atoms. The zero-order valence-electron chi connectivity index (χ0n) is 11.1. The van der Waals surface area contributed by atoms with Crippen LogP contribution in [0, 0.1) is 0 Å². The standard InChI is InChI=1S/C13H20N2O3/c1-15(2,3)9-13(18,8-12(16)17)10-4-6-11(14)7-5-10/h4-7,18H,8-9,14H2,1-3H3/p+1. The van der Waals surface area contributed by atoms with Crippen LogP contribution in [0.4, 0.5) is 5.69 Å². The highest BCUT2D eigenvalue weighted by atomic mass is 16.4. The molecule has 0 aliphatic rings. The van der Waals surface area contributed by atoms with E-state index in [1.165, 1.54) is 0 Å².